The molecule has 3 saturated heterocycles. The van der Waals surface area contributed by atoms with Crippen molar-refractivity contribution < 1.29 is 27.5 Å². The molecule has 1 aromatic rings. The van der Waals surface area contributed by atoms with Gasteiger partial charge in [0.05, 0.1) is 12.5 Å². The van der Waals surface area contributed by atoms with Crippen molar-refractivity contribution in [1.29, 1.82) is 0 Å². The predicted octanol–water partition coefficient (Wildman–Crippen LogP) is 2.99. The Bertz CT molecular complexity index is 744. The molecule has 2 atom stereocenters. The van der Waals surface area contributed by atoms with Crippen LogP contribution in [0, 0.1) is 5.92 Å². The van der Waals surface area contributed by atoms with E-state index in [4.69, 9.17) is 4.74 Å². The fourth-order valence-electron chi connectivity index (χ4n) is 4.34. The van der Waals surface area contributed by atoms with Crippen LogP contribution in [0.2, 0.25) is 0 Å². The average molecular weight is 396 g/mol. The maximum atomic E-state index is 12.7. The molecule has 0 spiro atoms. The Balaban J connectivity index is 1.29. The molecule has 3 heterocycles. The number of amides is 2. The van der Waals surface area contributed by atoms with Gasteiger partial charge in [0, 0.05) is 44.4 Å². The molecular formula is C20H23F3N2O3. The normalized spacial score (nSPS) is 26.0. The number of piperidine rings is 1. The number of ether oxygens (including phenoxy) is 1. The van der Waals surface area contributed by atoms with Crippen molar-refractivity contribution in [3.63, 3.8) is 0 Å². The fourth-order valence-corrected chi connectivity index (χ4v) is 4.34. The third-order valence-electron chi connectivity index (χ3n) is 5.89. The van der Waals surface area contributed by atoms with Crippen molar-refractivity contribution in [2.45, 2.75) is 37.5 Å². The Hall–Kier alpha value is -2.09. The van der Waals surface area contributed by atoms with Crippen molar-refractivity contribution in [2.75, 3.05) is 32.8 Å². The number of carbonyl (C=O) groups excluding carboxylic acids is 2. The van der Waals surface area contributed by atoms with Gasteiger partial charge in [0.25, 0.3) is 0 Å². The van der Waals surface area contributed by atoms with Gasteiger partial charge in [-0.25, -0.2) is 4.79 Å². The second kappa shape index (κ2) is 7.39. The van der Waals surface area contributed by atoms with E-state index in [1.807, 2.05) is 0 Å². The van der Waals surface area contributed by atoms with E-state index in [2.05, 4.69) is 0 Å². The van der Waals surface area contributed by atoms with Crippen LogP contribution in [0.4, 0.5) is 18.0 Å². The summed E-state index contributed by atoms with van der Waals surface area (Å²) < 4.78 is 42.9. The fraction of sp³-hybridized carbons (Fsp3) is 0.600. The summed E-state index contributed by atoms with van der Waals surface area (Å²) in [4.78, 5) is 27.9. The van der Waals surface area contributed by atoms with Crippen LogP contribution in [0.3, 0.4) is 0 Å². The Morgan fingerprint density at radius 1 is 1.11 bits per heavy atom. The van der Waals surface area contributed by atoms with Crippen molar-refractivity contribution in [3.8, 4) is 0 Å². The molecule has 0 N–H and O–H groups in total. The Kier molecular flexibility index (Phi) is 5.07. The molecule has 1 aromatic carbocycles. The number of halogens is 3. The van der Waals surface area contributed by atoms with Gasteiger partial charge < -0.3 is 14.5 Å². The maximum Gasteiger partial charge on any atom is 0.393 e. The van der Waals surface area contributed by atoms with E-state index < -0.39 is 12.6 Å². The van der Waals surface area contributed by atoms with Gasteiger partial charge in [-0.1, -0.05) is 24.3 Å². The van der Waals surface area contributed by atoms with Crippen molar-refractivity contribution in [3.05, 3.63) is 35.4 Å². The quantitative estimate of drug-likeness (QED) is 0.772. The van der Waals surface area contributed by atoms with Gasteiger partial charge in [-0.05, 0) is 17.5 Å². The summed E-state index contributed by atoms with van der Waals surface area (Å²) in [5.74, 6) is 0.326. The number of hydrogen-bond donors (Lipinski definition) is 0. The van der Waals surface area contributed by atoms with Gasteiger partial charge in [-0.15, -0.1) is 0 Å². The van der Waals surface area contributed by atoms with Gasteiger partial charge in [-0.2, -0.15) is 13.2 Å². The lowest BCUT2D eigenvalue weighted by atomic mass is 9.87. The zero-order chi connectivity index (χ0) is 19.9. The number of likely N-dealkylation sites (tertiary alicyclic amines) is 2. The van der Waals surface area contributed by atoms with Gasteiger partial charge in [0.1, 0.15) is 6.61 Å². The first-order valence-electron chi connectivity index (χ1n) is 9.61. The largest absolute Gasteiger partial charge is 0.393 e. The molecule has 3 aliphatic heterocycles. The maximum absolute atomic E-state index is 12.7. The third-order valence-corrected chi connectivity index (χ3v) is 5.89. The first-order chi connectivity index (χ1) is 13.3. The minimum atomic E-state index is -4.21. The number of urea groups is 1. The third kappa shape index (κ3) is 4.16. The SMILES string of the molecule is O=C1CO[C@@H]2CCN(C(=O)N3CC(c4ccc(CC(F)(F)F)cc4)C3)C[C@H]2C1. The number of carbonyl (C=O) groups is 2. The molecule has 0 unspecified atom stereocenters. The van der Waals surface area contributed by atoms with Gasteiger partial charge in [0.2, 0.25) is 0 Å². The molecule has 0 saturated carbocycles. The van der Waals surface area contributed by atoms with Crippen LogP contribution < -0.4 is 0 Å². The number of ketones is 1. The van der Waals surface area contributed by atoms with E-state index in [1.165, 1.54) is 12.1 Å². The molecule has 0 aromatic heterocycles. The summed E-state index contributed by atoms with van der Waals surface area (Å²) in [6.45, 7) is 2.49. The van der Waals surface area contributed by atoms with Crippen LogP contribution in [0.15, 0.2) is 24.3 Å². The van der Waals surface area contributed by atoms with E-state index >= 15 is 0 Å². The van der Waals surface area contributed by atoms with Crippen molar-refractivity contribution >= 4 is 11.8 Å². The van der Waals surface area contributed by atoms with Crippen LogP contribution in [-0.2, 0) is 16.0 Å². The molecule has 2 amide bonds. The second-order valence-electron chi connectivity index (χ2n) is 8.01. The minimum Gasteiger partial charge on any atom is -0.370 e. The zero-order valence-electron chi connectivity index (χ0n) is 15.5. The smallest absolute Gasteiger partial charge is 0.370 e. The lowest BCUT2D eigenvalue weighted by molar-refractivity contribution is -0.140. The summed E-state index contributed by atoms with van der Waals surface area (Å²) >= 11 is 0. The number of hydrogen-bond acceptors (Lipinski definition) is 3. The van der Waals surface area contributed by atoms with E-state index in [0.717, 1.165) is 12.0 Å². The predicted molar refractivity (Wildman–Crippen MR) is 95.0 cm³/mol. The summed E-state index contributed by atoms with van der Waals surface area (Å²) in [6.07, 6.45) is -3.83. The molecule has 28 heavy (non-hydrogen) atoms. The van der Waals surface area contributed by atoms with Crippen LogP contribution in [-0.4, -0.2) is 66.7 Å². The lowest BCUT2D eigenvalue weighted by Crippen LogP contribution is -2.58. The molecule has 0 radical (unpaired) electrons. The summed E-state index contributed by atoms with van der Waals surface area (Å²) in [6, 6.07) is 6.45. The van der Waals surface area contributed by atoms with Gasteiger partial charge in [-0.3, -0.25) is 4.79 Å². The monoisotopic (exact) mass is 396 g/mol. The number of benzene rings is 1. The van der Waals surface area contributed by atoms with Crippen LogP contribution in [0.1, 0.15) is 29.9 Å². The van der Waals surface area contributed by atoms with E-state index in [1.54, 1.807) is 21.9 Å². The summed E-state index contributed by atoms with van der Waals surface area (Å²) in [5.41, 5.74) is 1.20. The standard InChI is InChI=1S/C20H23F3N2O3/c21-20(22,23)8-13-1-3-14(4-2-13)16-10-25(11-16)19(27)24-6-5-18-15(9-24)7-17(26)12-28-18/h1-4,15-16,18H,5-12H2/t15-,18-/m1/s1. The topological polar surface area (TPSA) is 49.9 Å². The van der Waals surface area contributed by atoms with E-state index in [0.29, 0.717) is 32.6 Å². The number of fused-ring (bicyclic) bond motifs is 1. The van der Waals surface area contributed by atoms with E-state index in [9.17, 15) is 22.8 Å². The average Bonchev–Trinajstić information content (AvgIpc) is 2.60. The van der Waals surface area contributed by atoms with Crippen LogP contribution in [0.25, 0.3) is 0 Å². The first-order valence-corrected chi connectivity index (χ1v) is 9.61. The summed E-state index contributed by atoms with van der Waals surface area (Å²) in [7, 11) is 0. The molecule has 152 valence electrons. The molecule has 0 bridgehead atoms. The van der Waals surface area contributed by atoms with Crippen molar-refractivity contribution in [1.82, 2.24) is 9.80 Å². The Labute approximate surface area is 161 Å². The minimum absolute atomic E-state index is 0.0265. The van der Waals surface area contributed by atoms with Crippen LogP contribution in [0.5, 0.6) is 0 Å². The molecule has 8 heteroatoms. The van der Waals surface area contributed by atoms with E-state index in [-0.39, 0.29) is 41.9 Å². The number of nitrogens with zero attached hydrogens (tertiary/aromatic N) is 2. The highest BCUT2D eigenvalue weighted by atomic mass is 19.4. The first kappa shape index (κ1) is 19.2. The Morgan fingerprint density at radius 3 is 2.50 bits per heavy atom. The molecule has 0 aliphatic carbocycles. The van der Waals surface area contributed by atoms with Crippen LogP contribution >= 0.6 is 0 Å². The second-order valence-corrected chi connectivity index (χ2v) is 8.01. The summed E-state index contributed by atoms with van der Waals surface area (Å²) in [5, 5.41) is 0. The molecule has 3 fully saturated rings. The highest BCUT2D eigenvalue weighted by Gasteiger charge is 2.40. The van der Waals surface area contributed by atoms with Crippen molar-refractivity contribution in [2.24, 2.45) is 5.92 Å². The number of alkyl halides is 3. The molecular weight excluding hydrogens is 373 g/mol. The highest BCUT2D eigenvalue weighted by Crippen LogP contribution is 2.32. The van der Waals surface area contributed by atoms with Gasteiger partial charge >= 0.3 is 12.2 Å². The Morgan fingerprint density at radius 2 is 1.82 bits per heavy atom. The number of rotatable bonds is 2. The van der Waals surface area contributed by atoms with Gasteiger partial charge in [0.15, 0.2) is 5.78 Å². The molecule has 4 rings (SSSR count). The zero-order valence-corrected chi connectivity index (χ0v) is 15.5. The number of Topliss-reactive ketones (excluding diaryl/α,β-unsaturated/α-hetero) is 1. The highest BCUT2D eigenvalue weighted by molar-refractivity contribution is 5.81. The lowest BCUT2D eigenvalue weighted by Gasteiger charge is -2.46. The molecule has 5 nitrogen and oxygen atoms in total. The molecule has 3 aliphatic rings.